The summed E-state index contributed by atoms with van der Waals surface area (Å²) in [5.41, 5.74) is 0.826. The highest BCUT2D eigenvalue weighted by atomic mass is 19.1. The molecule has 0 N–H and O–H groups in total. The number of Topliss-reactive ketones (excluding diaryl/α,β-unsaturated/α-hetero) is 1. The lowest BCUT2D eigenvalue weighted by atomic mass is 9.72. The van der Waals surface area contributed by atoms with E-state index in [1.54, 1.807) is 0 Å². The molecule has 0 radical (unpaired) electrons. The minimum atomic E-state index is -1.20. The molecule has 3 rings (SSSR count). The molecular formula is C14H15FO2. The van der Waals surface area contributed by atoms with Gasteiger partial charge in [0, 0.05) is 12.0 Å². The SMILES string of the molecule is Cc1cccc2c1OC[C@@H](F)[C@]21CCCC1=O. The summed E-state index contributed by atoms with van der Waals surface area (Å²) in [6, 6.07) is 5.66. The summed E-state index contributed by atoms with van der Waals surface area (Å²) in [5.74, 6) is 0.761. The van der Waals surface area contributed by atoms with Crippen molar-refractivity contribution in [2.75, 3.05) is 6.61 Å². The summed E-state index contributed by atoms with van der Waals surface area (Å²) in [6.07, 6.45) is 0.694. The Hall–Kier alpha value is -1.38. The molecule has 17 heavy (non-hydrogen) atoms. The molecule has 2 atom stereocenters. The van der Waals surface area contributed by atoms with E-state index in [0.29, 0.717) is 12.8 Å². The Morgan fingerprint density at radius 1 is 1.47 bits per heavy atom. The van der Waals surface area contributed by atoms with Crippen molar-refractivity contribution in [1.82, 2.24) is 0 Å². The van der Waals surface area contributed by atoms with Crippen molar-refractivity contribution in [2.24, 2.45) is 0 Å². The first kappa shape index (κ1) is 10.8. The predicted octanol–water partition coefficient (Wildman–Crippen LogP) is 2.72. The van der Waals surface area contributed by atoms with Crippen molar-refractivity contribution >= 4 is 5.78 Å². The molecule has 0 saturated heterocycles. The maximum Gasteiger partial charge on any atom is 0.151 e. The molecule has 1 aliphatic heterocycles. The fourth-order valence-corrected chi connectivity index (χ4v) is 3.17. The monoisotopic (exact) mass is 234 g/mol. The topological polar surface area (TPSA) is 26.3 Å². The predicted molar refractivity (Wildman–Crippen MR) is 62.1 cm³/mol. The molecule has 0 aromatic heterocycles. The van der Waals surface area contributed by atoms with Gasteiger partial charge in [-0.15, -0.1) is 0 Å². The van der Waals surface area contributed by atoms with Gasteiger partial charge in [-0.1, -0.05) is 18.2 Å². The number of ketones is 1. The number of alkyl halides is 1. The van der Waals surface area contributed by atoms with E-state index in [0.717, 1.165) is 23.3 Å². The van der Waals surface area contributed by atoms with Gasteiger partial charge in [-0.05, 0) is 25.3 Å². The number of halogens is 1. The third-order valence-electron chi connectivity index (χ3n) is 4.07. The number of hydrogen-bond acceptors (Lipinski definition) is 2. The minimum Gasteiger partial charge on any atom is -0.490 e. The van der Waals surface area contributed by atoms with Crippen LogP contribution in [0.25, 0.3) is 0 Å². The van der Waals surface area contributed by atoms with Crippen LogP contribution in [0.15, 0.2) is 18.2 Å². The van der Waals surface area contributed by atoms with Crippen molar-refractivity contribution in [3.8, 4) is 5.75 Å². The van der Waals surface area contributed by atoms with E-state index in [-0.39, 0.29) is 12.4 Å². The molecule has 1 aliphatic carbocycles. The van der Waals surface area contributed by atoms with Gasteiger partial charge in [0.25, 0.3) is 0 Å². The first-order valence-electron chi connectivity index (χ1n) is 6.06. The van der Waals surface area contributed by atoms with Crippen LogP contribution in [0.1, 0.15) is 30.4 Å². The number of aryl methyl sites for hydroxylation is 1. The first-order chi connectivity index (χ1) is 8.16. The molecule has 1 aromatic carbocycles. The van der Waals surface area contributed by atoms with Gasteiger partial charge in [0.05, 0.1) is 5.41 Å². The number of rotatable bonds is 0. The lowest BCUT2D eigenvalue weighted by Gasteiger charge is -2.37. The van der Waals surface area contributed by atoms with Gasteiger partial charge in [-0.3, -0.25) is 4.79 Å². The van der Waals surface area contributed by atoms with Crippen LogP contribution in [0.4, 0.5) is 4.39 Å². The van der Waals surface area contributed by atoms with E-state index in [1.165, 1.54) is 0 Å². The number of para-hydroxylation sites is 1. The number of carbonyl (C=O) groups is 1. The molecule has 1 fully saturated rings. The van der Waals surface area contributed by atoms with Crippen LogP contribution in [-0.4, -0.2) is 18.6 Å². The van der Waals surface area contributed by atoms with Gasteiger partial charge in [0.2, 0.25) is 0 Å². The third kappa shape index (κ3) is 1.28. The van der Waals surface area contributed by atoms with Crippen LogP contribution in [0.2, 0.25) is 0 Å². The zero-order valence-electron chi connectivity index (χ0n) is 9.83. The largest absolute Gasteiger partial charge is 0.490 e. The van der Waals surface area contributed by atoms with Gasteiger partial charge >= 0.3 is 0 Å². The van der Waals surface area contributed by atoms with Crippen LogP contribution in [0, 0.1) is 6.92 Å². The maximum atomic E-state index is 14.3. The number of benzene rings is 1. The zero-order chi connectivity index (χ0) is 12.0. The Kier molecular flexibility index (Phi) is 2.25. The van der Waals surface area contributed by atoms with Crippen LogP contribution in [-0.2, 0) is 10.2 Å². The lowest BCUT2D eigenvalue weighted by molar-refractivity contribution is -0.125. The Bertz CT molecular complexity index is 483. The molecule has 0 bridgehead atoms. The molecular weight excluding hydrogens is 219 g/mol. The van der Waals surface area contributed by atoms with E-state index in [4.69, 9.17) is 4.74 Å². The molecule has 1 aromatic rings. The second-order valence-corrected chi connectivity index (χ2v) is 4.98. The molecule has 1 spiro atoms. The highest BCUT2D eigenvalue weighted by Gasteiger charge is 2.54. The van der Waals surface area contributed by atoms with Crippen molar-refractivity contribution < 1.29 is 13.9 Å². The average Bonchev–Trinajstić information content (AvgIpc) is 2.68. The summed E-state index contributed by atoms with van der Waals surface area (Å²) in [4.78, 5) is 12.1. The maximum absolute atomic E-state index is 14.3. The van der Waals surface area contributed by atoms with Gasteiger partial charge in [0.15, 0.2) is 6.17 Å². The van der Waals surface area contributed by atoms with Crippen LogP contribution < -0.4 is 4.74 Å². The van der Waals surface area contributed by atoms with E-state index >= 15 is 0 Å². The van der Waals surface area contributed by atoms with Crippen molar-refractivity contribution in [3.63, 3.8) is 0 Å². The molecule has 3 heteroatoms. The van der Waals surface area contributed by atoms with Gasteiger partial charge in [-0.25, -0.2) is 4.39 Å². The summed E-state index contributed by atoms with van der Waals surface area (Å²) in [5, 5.41) is 0. The van der Waals surface area contributed by atoms with E-state index in [1.807, 2.05) is 25.1 Å². The van der Waals surface area contributed by atoms with E-state index in [2.05, 4.69) is 0 Å². The quantitative estimate of drug-likeness (QED) is 0.690. The zero-order valence-corrected chi connectivity index (χ0v) is 9.83. The highest BCUT2D eigenvalue weighted by molar-refractivity contribution is 5.94. The molecule has 2 nitrogen and oxygen atoms in total. The molecule has 1 heterocycles. The Labute approximate surface area is 99.8 Å². The van der Waals surface area contributed by atoms with Crippen molar-refractivity contribution in [1.29, 1.82) is 0 Å². The van der Waals surface area contributed by atoms with Gasteiger partial charge in [0.1, 0.15) is 18.1 Å². The minimum absolute atomic E-state index is 0.00356. The Morgan fingerprint density at radius 3 is 3.00 bits per heavy atom. The first-order valence-corrected chi connectivity index (χ1v) is 6.06. The summed E-state index contributed by atoms with van der Waals surface area (Å²) in [7, 11) is 0. The Balaban J connectivity index is 2.23. The summed E-state index contributed by atoms with van der Waals surface area (Å²) < 4.78 is 19.7. The number of ether oxygens (including phenoxy) is 1. The van der Waals surface area contributed by atoms with Gasteiger partial charge < -0.3 is 4.74 Å². The van der Waals surface area contributed by atoms with Crippen LogP contribution in [0.5, 0.6) is 5.75 Å². The summed E-state index contributed by atoms with van der Waals surface area (Å²) in [6.45, 7) is 1.94. The number of fused-ring (bicyclic) bond motifs is 2. The third-order valence-corrected chi connectivity index (χ3v) is 4.07. The molecule has 1 saturated carbocycles. The number of carbonyl (C=O) groups excluding carboxylic acids is 1. The van der Waals surface area contributed by atoms with Crippen LogP contribution >= 0.6 is 0 Å². The lowest BCUT2D eigenvalue weighted by Crippen LogP contribution is -2.47. The van der Waals surface area contributed by atoms with Crippen LogP contribution in [0.3, 0.4) is 0 Å². The Morgan fingerprint density at radius 2 is 2.29 bits per heavy atom. The highest BCUT2D eigenvalue weighted by Crippen LogP contribution is 2.49. The average molecular weight is 234 g/mol. The smallest absolute Gasteiger partial charge is 0.151 e. The van der Waals surface area contributed by atoms with Crippen molar-refractivity contribution in [3.05, 3.63) is 29.3 Å². The molecule has 2 aliphatic rings. The molecule has 0 unspecified atom stereocenters. The van der Waals surface area contributed by atoms with Crippen molar-refractivity contribution in [2.45, 2.75) is 37.8 Å². The number of hydrogen-bond donors (Lipinski definition) is 0. The van der Waals surface area contributed by atoms with E-state index in [9.17, 15) is 9.18 Å². The molecule has 90 valence electrons. The second kappa shape index (κ2) is 3.56. The van der Waals surface area contributed by atoms with Gasteiger partial charge in [-0.2, -0.15) is 0 Å². The fourth-order valence-electron chi connectivity index (χ4n) is 3.17. The van der Waals surface area contributed by atoms with E-state index < -0.39 is 11.6 Å². The summed E-state index contributed by atoms with van der Waals surface area (Å²) >= 11 is 0. The fraction of sp³-hybridized carbons (Fsp3) is 0.500. The normalized spacial score (nSPS) is 31.4. The molecule has 0 amide bonds. The second-order valence-electron chi connectivity index (χ2n) is 4.98. The standard InChI is InChI=1S/C14H15FO2/c1-9-4-2-5-10-13(9)17-8-11(15)14(10)7-3-6-12(14)16/h2,4-5,11H,3,6-8H2,1H3/t11-,14+/m1/s1.